The summed E-state index contributed by atoms with van der Waals surface area (Å²) in [5.74, 6) is 0.779. The molecule has 0 amide bonds. The van der Waals surface area contributed by atoms with Gasteiger partial charge >= 0.3 is 0 Å². The zero-order valence-electron chi connectivity index (χ0n) is 12.6. The number of nitrogens with one attached hydrogen (secondary N) is 1. The van der Waals surface area contributed by atoms with E-state index < -0.39 is 0 Å². The van der Waals surface area contributed by atoms with E-state index in [1.807, 2.05) is 16.8 Å². The highest BCUT2D eigenvalue weighted by Gasteiger charge is 2.10. The van der Waals surface area contributed by atoms with Crippen LogP contribution in [0.1, 0.15) is 24.7 Å². The Kier molecular flexibility index (Phi) is 5.90. The molecule has 1 aromatic heterocycles. The van der Waals surface area contributed by atoms with Gasteiger partial charge in [-0.15, -0.1) is 0 Å². The number of hydrogen-bond donors (Lipinski definition) is 1. The molecular formula is C16H22FN3O. The van der Waals surface area contributed by atoms with Gasteiger partial charge < -0.3 is 14.6 Å². The van der Waals surface area contributed by atoms with Gasteiger partial charge in [-0.2, -0.15) is 0 Å². The van der Waals surface area contributed by atoms with Crippen LogP contribution in [0.2, 0.25) is 0 Å². The summed E-state index contributed by atoms with van der Waals surface area (Å²) in [6, 6.07) is 4.87. The predicted octanol–water partition coefficient (Wildman–Crippen LogP) is 2.70. The predicted molar refractivity (Wildman–Crippen MR) is 81.1 cm³/mol. The Labute approximate surface area is 125 Å². The molecule has 0 aliphatic rings. The molecule has 0 aliphatic carbocycles. The normalized spacial score (nSPS) is 11.0. The fraction of sp³-hybridized carbons (Fsp3) is 0.438. The Morgan fingerprint density at radius 3 is 3.00 bits per heavy atom. The Hall–Kier alpha value is -1.72. The van der Waals surface area contributed by atoms with Crippen molar-refractivity contribution in [3.8, 4) is 5.69 Å². The number of rotatable bonds is 8. The van der Waals surface area contributed by atoms with E-state index in [0.717, 1.165) is 36.5 Å². The lowest BCUT2D eigenvalue weighted by Gasteiger charge is -2.14. The molecule has 0 atom stereocenters. The van der Waals surface area contributed by atoms with Crippen LogP contribution in [0.5, 0.6) is 0 Å². The third-order valence-electron chi connectivity index (χ3n) is 3.29. The molecule has 5 heteroatoms. The lowest BCUT2D eigenvalue weighted by Crippen LogP contribution is -2.20. The van der Waals surface area contributed by atoms with Gasteiger partial charge in [-0.25, -0.2) is 9.37 Å². The van der Waals surface area contributed by atoms with Crippen molar-refractivity contribution in [2.75, 3.05) is 20.3 Å². The van der Waals surface area contributed by atoms with Crippen LogP contribution in [0.3, 0.4) is 0 Å². The second kappa shape index (κ2) is 7.90. The minimum Gasteiger partial charge on any atom is -0.383 e. The van der Waals surface area contributed by atoms with Gasteiger partial charge in [0.15, 0.2) is 0 Å². The number of ether oxygens (including phenoxy) is 1. The molecule has 114 valence electrons. The summed E-state index contributed by atoms with van der Waals surface area (Å²) < 4.78 is 20.6. The molecule has 1 aromatic carbocycles. The number of imidazole rings is 1. The first-order valence-electron chi connectivity index (χ1n) is 7.27. The molecule has 0 saturated heterocycles. The Morgan fingerprint density at radius 1 is 1.38 bits per heavy atom. The molecule has 1 heterocycles. The lowest BCUT2D eigenvalue weighted by atomic mass is 10.1. The van der Waals surface area contributed by atoms with Crippen molar-refractivity contribution in [3.05, 3.63) is 47.8 Å². The van der Waals surface area contributed by atoms with Crippen molar-refractivity contribution in [1.29, 1.82) is 0 Å². The van der Waals surface area contributed by atoms with Gasteiger partial charge in [-0.3, -0.25) is 0 Å². The second-order valence-electron chi connectivity index (χ2n) is 4.91. The molecule has 21 heavy (non-hydrogen) atoms. The van der Waals surface area contributed by atoms with Gasteiger partial charge in [0, 0.05) is 39.0 Å². The van der Waals surface area contributed by atoms with Crippen LogP contribution in [-0.2, 0) is 17.7 Å². The standard InChI is InChI=1S/C16H22FN3O/c1-3-4-16-19-7-9-20(16)15-6-5-14(17)11-13(15)12-18-8-10-21-2/h5-7,9,11,18H,3-4,8,10,12H2,1-2H3. The molecule has 2 rings (SSSR count). The zero-order chi connectivity index (χ0) is 15.1. The van der Waals surface area contributed by atoms with E-state index in [-0.39, 0.29) is 5.82 Å². The van der Waals surface area contributed by atoms with E-state index in [1.165, 1.54) is 6.07 Å². The molecule has 2 aromatic rings. The van der Waals surface area contributed by atoms with Crippen LogP contribution in [0.15, 0.2) is 30.6 Å². The van der Waals surface area contributed by atoms with Gasteiger partial charge in [0.05, 0.1) is 12.3 Å². The summed E-state index contributed by atoms with van der Waals surface area (Å²) in [4.78, 5) is 4.38. The van der Waals surface area contributed by atoms with Crippen molar-refractivity contribution in [2.45, 2.75) is 26.3 Å². The first-order chi connectivity index (χ1) is 10.3. The van der Waals surface area contributed by atoms with Crippen LogP contribution >= 0.6 is 0 Å². The summed E-state index contributed by atoms with van der Waals surface area (Å²) in [7, 11) is 1.66. The molecule has 0 aliphatic heterocycles. The topological polar surface area (TPSA) is 39.1 Å². The SMILES string of the molecule is CCCc1nccn1-c1ccc(F)cc1CNCCOC. The van der Waals surface area contributed by atoms with E-state index in [9.17, 15) is 4.39 Å². The maximum absolute atomic E-state index is 13.5. The number of hydrogen-bond acceptors (Lipinski definition) is 3. The molecule has 0 unspecified atom stereocenters. The van der Waals surface area contributed by atoms with Gasteiger partial charge in [0.25, 0.3) is 0 Å². The number of aromatic nitrogens is 2. The molecular weight excluding hydrogens is 269 g/mol. The van der Waals surface area contributed by atoms with Gasteiger partial charge in [-0.1, -0.05) is 6.92 Å². The van der Waals surface area contributed by atoms with Crippen LogP contribution in [0.25, 0.3) is 5.69 Å². The van der Waals surface area contributed by atoms with Gasteiger partial charge in [-0.05, 0) is 30.2 Å². The summed E-state index contributed by atoms with van der Waals surface area (Å²) in [5.41, 5.74) is 1.89. The molecule has 0 bridgehead atoms. The highest BCUT2D eigenvalue weighted by atomic mass is 19.1. The number of nitrogens with zero attached hydrogens (tertiary/aromatic N) is 2. The van der Waals surface area contributed by atoms with Crippen molar-refractivity contribution in [1.82, 2.24) is 14.9 Å². The highest BCUT2D eigenvalue weighted by molar-refractivity contribution is 5.42. The van der Waals surface area contributed by atoms with Crippen LogP contribution in [0, 0.1) is 5.82 Å². The van der Waals surface area contributed by atoms with Gasteiger partial charge in [0.1, 0.15) is 11.6 Å². The largest absolute Gasteiger partial charge is 0.383 e. The lowest BCUT2D eigenvalue weighted by molar-refractivity contribution is 0.199. The van der Waals surface area contributed by atoms with Crippen molar-refractivity contribution < 1.29 is 9.13 Å². The fourth-order valence-corrected chi connectivity index (χ4v) is 2.29. The number of aryl methyl sites for hydroxylation is 1. The van der Waals surface area contributed by atoms with Crippen molar-refractivity contribution >= 4 is 0 Å². The molecule has 0 spiro atoms. The molecule has 0 saturated carbocycles. The second-order valence-corrected chi connectivity index (χ2v) is 4.91. The Morgan fingerprint density at radius 2 is 2.24 bits per heavy atom. The summed E-state index contributed by atoms with van der Waals surface area (Å²) in [6.07, 6.45) is 5.65. The maximum Gasteiger partial charge on any atom is 0.123 e. The average molecular weight is 291 g/mol. The monoisotopic (exact) mass is 291 g/mol. The minimum atomic E-state index is -0.223. The van der Waals surface area contributed by atoms with Crippen LogP contribution in [0.4, 0.5) is 4.39 Å². The van der Waals surface area contributed by atoms with Crippen molar-refractivity contribution in [2.24, 2.45) is 0 Å². The molecule has 0 radical (unpaired) electrons. The summed E-state index contributed by atoms with van der Waals surface area (Å²) in [6.45, 7) is 4.09. The van der Waals surface area contributed by atoms with Gasteiger partial charge in [0.2, 0.25) is 0 Å². The Bertz CT molecular complexity index is 568. The smallest absolute Gasteiger partial charge is 0.123 e. The molecule has 0 fully saturated rings. The molecule has 4 nitrogen and oxygen atoms in total. The number of halogens is 1. The molecule has 1 N–H and O–H groups in total. The maximum atomic E-state index is 13.5. The summed E-state index contributed by atoms with van der Waals surface area (Å²) >= 11 is 0. The highest BCUT2D eigenvalue weighted by Crippen LogP contribution is 2.18. The summed E-state index contributed by atoms with van der Waals surface area (Å²) in [5, 5.41) is 3.26. The third-order valence-corrected chi connectivity index (χ3v) is 3.29. The van der Waals surface area contributed by atoms with E-state index in [4.69, 9.17) is 4.74 Å². The minimum absolute atomic E-state index is 0.223. The van der Waals surface area contributed by atoms with E-state index >= 15 is 0 Å². The first-order valence-corrected chi connectivity index (χ1v) is 7.27. The first kappa shape index (κ1) is 15.7. The van der Waals surface area contributed by atoms with E-state index in [1.54, 1.807) is 19.4 Å². The Balaban J connectivity index is 2.23. The van der Waals surface area contributed by atoms with Crippen LogP contribution < -0.4 is 5.32 Å². The third kappa shape index (κ3) is 4.12. The number of benzene rings is 1. The van der Waals surface area contributed by atoms with Crippen LogP contribution in [-0.4, -0.2) is 29.8 Å². The number of methoxy groups -OCH3 is 1. The fourth-order valence-electron chi connectivity index (χ4n) is 2.29. The van der Waals surface area contributed by atoms with E-state index in [2.05, 4.69) is 17.2 Å². The quantitative estimate of drug-likeness (QED) is 0.760. The van der Waals surface area contributed by atoms with Crippen molar-refractivity contribution in [3.63, 3.8) is 0 Å². The average Bonchev–Trinajstić information content (AvgIpc) is 2.92. The van der Waals surface area contributed by atoms with E-state index in [0.29, 0.717) is 13.2 Å². The zero-order valence-corrected chi connectivity index (χ0v) is 12.6.